The van der Waals surface area contributed by atoms with Gasteiger partial charge in [0.25, 0.3) is 0 Å². The first-order chi connectivity index (χ1) is 13.7. The van der Waals surface area contributed by atoms with Crippen molar-refractivity contribution < 1.29 is 4.79 Å². The lowest BCUT2D eigenvalue weighted by Gasteiger charge is -2.10. The molecule has 28 heavy (non-hydrogen) atoms. The van der Waals surface area contributed by atoms with Crippen LogP contribution in [0.25, 0.3) is 16.9 Å². The fourth-order valence-corrected chi connectivity index (χ4v) is 3.21. The second-order valence-corrected chi connectivity index (χ2v) is 6.76. The largest absolute Gasteiger partial charge is 0.310 e. The zero-order valence-electron chi connectivity index (χ0n) is 15.0. The van der Waals surface area contributed by atoms with Crippen molar-refractivity contribution in [1.82, 2.24) is 9.78 Å². The van der Waals surface area contributed by atoms with Crippen molar-refractivity contribution in [2.75, 3.05) is 5.32 Å². The summed E-state index contributed by atoms with van der Waals surface area (Å²) in [5.74, 6) is 0.465. The Balaban J connectivity index is 1.69. The number of halogens is 1. The molecule has 0 spiro atoms. The average molecular weight is 388 g/mol. The number of anilines is 1. The van der Waals surface area contributed by atoms with E-state index in [4.69, 9.17) is 11.6 Å². The van der Waals surface area contributed by atoms with E-state index in [0.29, 0.717) is 16.5 Å². The van der Waals surface area contributed by atoms with Gasteiger partial charge in [-0.3, -0.25) is 4.79 Å². The maximum absolute atomic E-state index is 12.6. The van der Waals surface area contributed by atoms with E-state index in [9.17, 15) is 4.79 Å². The number of amides is 1. The molecule has 1 amide bonds. The smallest absolute Gasteiger partial charge is 0.229 e. The van der Waals surface area contributed by atoms with E-state index in [1.54, 1.807) is 10.7 Å². The van der Waals surface area contributed by atoms with E-state index >= 15 is 0 Å². The van der Waals surface area contributed by atoms with Gasteiger partial charge in [-0.25, -0.2) is 4.68 Å². The highest BCUT2D eigenvalue weighted by Gasteiger charge is 2.15. The lowest BCUT2D eigenvalue weighted by atomic mass is 10.1. The molecule has 0 aliphatic carbocycles. The Kier molecular flexibility index (Phi) is 5.22. The molecule has 1 N–H and O–H groups in total. The number of para-hydroxylation sites is 1. The Labute approximate surface area is 168 Å². The van der Waals surface area contributed by atoms with Gasteiger partial charge in [-0.1, -0.05) is 84.4 Å². The van der Waals surface area contributed by atoms with Crippen LogP contribution in [0.3, 0.4) is 0 Å². The number of nitrogens with one attached hydrogen (secondary N) is 1. The summed E-state index contributed by atoms with van der Waals surface area (Å²) in [4.78, 5) is 12.6. The van der Waals surface area contributed by atoms with Gasteiger partial charge in [-0.15, -0.1) is 0 Å². The van der Waals surface area contributed by atoms with Gasteiger partial charge in [0, 0.05) is 11.6 Å². The van der Waals surface area contributed by atoms with Crippen LogP contribution in [0.15, 0.2) is 91.0 Å². The predicted molar refractivity (Wildman–Crippen MR) is 113 cm³/mol. The molecule has 0 aliphatic rings. The molecule has 0 atom stereocenters. The van der Waals surface area contributed by atoms with E-state index in [0.717, 1.165) is 16.8 Å². The monoisotopic (exact) mass is 387 g/mol. The zero-order chi connectivity index (χ0) is 19.3. The van der Waals surface area contributed by atoms with Crippen molar-refractivity contribution in [3.8, 4) is 16.9 Å². The first-order valence-corrected chi connectivity index (χ1v) is 9.33. The number of rotatable bonds is 5. The summed E-state index contributed by atoms with van der Waals surface area (Å²) >= 11 is 6.38. The maximum Gasteiger partial charge on any atom is 0.229 e. The molecule has 1 aromatic heterocycles. The average Bonchev–Trinajstić information content (AvgIpc) is 3.13. The second-order valence-electron chi connectivity index (χ2n) is 6.35. The summed E-state index contributed by atoms with van der Waals surface area (Å²) < 4.78 is 1.67. The minimum Gasteiger partial charge on any atom is -0.310 e. The fraction of sp³-hybridized carbons (Fsp3) is 0.0435. The van der Waals surface area contributed by atoms with Crippen LogP contribution in [-0.2, 0) is 11.2 Å². The molecule has 0 saturated carbocycles. The number of nitrogens with zero attached hydrogens (tertiary/aromatic N) is 2. The Morgan fingerprint density at radius 2 is 1.54 bits per heavy atom. The van der Waals surface area contributed by atoms with Crippen LogP contribution in [0.4, 0.5) is 5.82 Å². The number of hydrogen-bond acceptors (Lipinski definition) is 2. The number of carbonyl (C=O) groups excluding carboxylic acids is 1. The van der Waals surface area contributed by atoms with Gasteiger partial charge in [0.05, 0.1) is 22.8 Å². The SMILES string of the molecule is O=C(Cc1ccccc1)Nc1cc(-c2ccccc2)nn1-c1ccccc1Cl. The number of benzene rings is 3. The molecule has 3 aromatic carbocycles. The van der Waals surface area contributed by atoms with Crippen LogP contribution in [0.5, 0.6) is 0 Å². The second kappa shape index (κ2) is 8.11. The topological polar surface area (TPSA) is 46.9 Å². The van der Waals surface area contributed by atoms with Crippen LogP contribution in [-0.4, -0.2) is 15.7 Å². The third-order valence-electron chi connectivity index (χ3n) is 4.33. The van der Waals surface area contributed by atoms with Crippen molar-refractivity contribution in [2.24, 2.45) is 0 Å². The van der Waals surface area contributed by atoms with Gasteiger partial charge in [0.1, 0.15) is 5.82 Å². The Morgan fingerprint density at radius 1 is 0.893 bits per heavy atom. The summed E-state index contributed by atoms with van der Waals surface area (Å²) in [7, 11) is 0. The van der Waals surface area contributed by atoms with E-state index in [2.05, 4.69) is 10.4 Å². The molecule has 5 heteroatoms. The van der Waals surface area contributed by atoms with Crippen LogP contribution in [0.2, 0.25) is 5.02 Å². The molecule has 0 radical (unpaired) electrons. The van der Waals surface area contributed by atoms with Gasteiger partial charge < -0.3 is 5.32 Å². The van der Waals surface area contributed by atoms with Crippen LogP contribution >= 0.6 is 11.6 Å². The molecule has 4 aromatic rings. The Bertz CT molecular complexity index is 1090. The molecule has 0 saturated heterocycles. The summed E-state index contributed by atoms with van der Waals surface area (Å²) in [5, 5.41) is 8.23. The highest BCUT2D eigenvalue weighted by Crippen LogP contribution is 2.28. The normalized spacial score (nSPS) is 10.6. The van der Waals surface area contributed by atoms with E-state index in [-0.39, 0.29) is 12.3 Å². The number of hydrogen-bond donors (Lipinski definition) is 1. The first-order valence-electron chi connectivity index (χ1n) is 8.95. The number of carbonyl (C=O) groups is 1. The predicted octanol–water partition coefficient (Wildman–Crippen LogP) is 5.37. The summed E-state index contributed by atoms with van der Waals surface area (Å²) in [5.41, 5.74) is 3.39. The molecule has 0 fully saturated rings. The van der Waals surface area contributed by atoms with Crippen LogP contribution in [0, 0.1) is 0 Å². The highest BCUT2D eigenvalue weighted by molar-refractivity contribution is 6.32. The molecule has 0 bridgehead atoms. The fourth-order valence-electron chi connectivity index (χ4n) is 3.00. The van der Waals surface area contributed by atoms with E-state index in [1.807, 2.05) is 84.9 Å². The van der Waals surface area contributed by atoms with Gasteiger partial charge >= 0.3 is 0 Å². The maximum atomic E-state index is 12.6. The molecule has 4 rings (SSSR count). The minimum absolute atomic E-state index is 0.112. The lowest BCUT2D eigenvalue weighted by Crippen LogP contribution is -2.17. The van der Waals surface area contributed by atoms with Gasteiger partial charge in [0.2, 0.25) is 5.91 Å². The first kappa shape index (κ1) is 18.0. The molecule has 138 valence electrons. The minimum atomic E-state index is -0.112. The summed E-state index contributed by atoms with van der Waals surface area (Å²) in [6.07, 6.45) is 0.287. The van der Waals surface area contributed by atoms with Crippen molar-refractivity contribution >= 4 is 23.3 Å². The van der Waals surface area contributed by atoms with Gasteiger partial charge in [0.15, 0.2) is 0 Å². The number of aromatic nitrogens is 2. The van der Waals surface area contributed by atoms with E-state index in [1.165, 1.54) is 0 Å². The summed E-state index contributed by atoms with van der Waals surface area (Å²) in [6.45, 7) is 0. The zero-order valence-corrected chi connectivity index (χ0v) is 15.8. The van der Waals surface area contributed by atoms with Crippen molar-refractivity contribution in [2.45, 2.75) is 6.42 Å². The van der Waals surface area contributed by atoms with E-state index < -0.39 is 0 Å². The third kappa shape index (κ3) is 3.97. The standard InChI is InChI=1S/C23H18ClN3O/c24-19-13-7-8-14-21(19)27-22(16-20(26-27)18-11-5-2-6-12-18)25-23(28)15-17-9-3-1-4-10-17/h1-14,16H,15H2,(H,25,28). The molecular weight excluding hydrogens is 370 g/mol. The summed E-state index contributed by atoms with van der Waals surface area (Å²) in [6, 6.07) is 28.8. The third-order valence-corrected chi connectivity index (χ3v) is 4.65. The van der Waals surface area contributed by atoms with Crippen LogP contribution in [0.1, 0.15) is 5.56 Å². The molecule has 0 unspecified atom stereocenters. The van der Waals surface area contributed by atoms with Gasteiger partial charge in [-0.2, -0.15) is 5.10 Å². The van der Waals surface area contributed by atoms with Crippen molar-refractivity contribution in [1.29, 1.82) is 0 Å². The Morgan fingerprint density at radius 3 is 2.25 bits per heavy atom. The highest BCUT2D eigenvalue weighted by atomic mass is 35.5. The van der Waals surface area contributed by atoms with Crippen LogP contribution < -0.4 is 5.32 Å². The van der Waals surface area contributed by atoms with Crippen molar-refractivity contribution in [3.63, 3.8) is 0 Å². The lowest BCUT2D eigenvalue weighted by molar-refractivity contribution is -0.115. The molecule has 0 aliphatic heterocycles. The van der Waals surface area contributed by atoms with Gasteiger partial charge in [-0.05, 0) is 17.7 Å². The molecular formula is C23H18ClN3O. The molecule has 1 heterocycles. The van der Waals surface area contributed by atoms with Crippen molar-refractivity contribution in [3.05, 3.63) is 102 Å². The quantitative estimate of drug-likeness (QED) is 0.500. The molecule has 4 nitrogen and oxygen atoms in total. The Hall–Kier alpha value is -3.37.